The maximum atomic E-state index is 14.5. The van der Waals surface area contributed by atoms with Gasteiger partial charge in [-0.1, -0.05) is 26.7 Å². The molecule has 0 radical (unpaired) electrons. The second-order valence-electron chi connectivity index (χ2n) is 7.36. The zero-order valence-corrected chi connectivity index (χ0v) is 13.8. The number of hydrogen-bond acceptors (Lipinski definition) is 1. The van der Waals surface area contributed by atoms with Crippen molar-refractivity contribution in [2.45, 2.75) is 71.3 Å². The molecular weight excluding hydrogens is 282 g/mol. The molecule has 1 nitrogen and oxygen atoms in total. The first-order valence-corrected chi connectivity index (χ1v) is 8.64. The van der Waals surface area contributed by atoms with Gasteiger partial charge in [-0.3, -0.25) is 0 Å². The molecule has 2 unspecified atom stereocenters. The molecule has 0 amide bonds. The zero-order chi connectivity index (χ0) is 15.9. The molecule has 122 valence electrons. The van der Waals surface area contributed by atoms with Gasteiger partial charge < -0.3 is 4.74 Å². The van der Waals surface area contributed by atoms with Crippen molar-refractivity contribution >= 4 is 0 Å². The highest BCUT2D eigenvalue weighted by Crippen LogP contribution is 2.42. The van der Waals surface area contributed by atoms with Crippen LogP contribution in [0.15, 0.2) is 6.07 Å². The predicted octanol–water partition coefficient (Wildman–Crippen LogP) is 5.61. The Morgan fingerprint density at radius 3 is 2.41 bits per heavy atom. The van der Waals surface area contributed by atoms with E-state index < -0.39 is 11.6 Å². The molecule has 0 N–H and O–H groups in total. The Balaban J connectivity index is 1.89. The maximum Gasteiger partial charge on any atom is 0.201 e. The number of aryl methyl sites for hydroxylation is 1. The van der Waals surface area contributed by atoms with Crippen LogP contribution in [0.1, 0.15) is 69.9 Å². The standard InChI is InChI=1S/C19H26F2O/c1-11-4-7-14(8-5-11)13(3)16-10-15-9-6-12(2)22-19(15)18(21)17(16)20/h10-14H,4-9H2,1-3H3. The van der Waals surface area contributed by atoms with Gasteiger partial charge in [-0.05, 0) is 67.6 Å². The van der Waals surface area contributed by atoms with Crippen molar-refractivity contribution in [2.75, 3.05) is 0 Å². The van der Waals surface area contributed by atoms with Crippen LogP contribution in [0.4, 0.5) is 8.78 Å². The Bertz CT molecular complexity index is 547. The third-order valence-electron chi connectivity index (χ3n) is 5.66. The van der Waals surface area contributed by atoms with E-state index in [9.17, 15) is 8.78 Å². The summed E-state index contributed by atoms with van der Waals surface area (Å²) in [5.74, 6) is -0.0276. The van der Waals surface area contributed by atoms with Crippen molar-refractivity contribution in [2.24, 2.45) is 11.8 Å². The van der Waals surface area contributed by atoms with Crippen molar-refractivity contribution in [3.05, 3.63) is 28.8 Å². The molecule has 0 bridgehead atoms. The van der Waals surface area contributed by atoms with Gasteiger partial charge in [0.05, 0.1) is 6.10 Å². The van der Waals surface area contributed by atoms with Gasteiger partial charge in [0, 0.05) is 0 Å². The number of benzene rings is 1. The smallest absolute Gasteiger partial charge is 0.201 e. The maximum absolute atomic E-state index is 14.5. The molecule has 1 aliphatic carbocycles. The first-order chi connectivity index (χ1) is 10.5. The third-order valence-corrected chi connectivity index (χ3v) is 5.66. The second-order valence-corrected chi connectivity index (χ2v) is 7.36. The van der Waals surface area contributed by atoms with Crippen molar-refractivity contribution in [1.82, 2.24) is 0 Å². The average Bonchev–Trinajstić information content (AvgIpc) is 2.51. The highest BCUT2D eigenvalue weighted by Gasteiger charge is 2.30. The van der Waals surface area contributed by atoms with Crippen LogP contribution in [0.3, 0.4) is 0 Å². The molecule has 1 heterocycles. The van der Waals surface area contributed by atoms with Crippen LogP contribution in [0, 0.1) is 23.5 Å². The summed E-state index contributed by atoms with van der Waals surface area (Å²) >= 11 is 0. The monoisotopic (exact) mass is 308 g/mol. The van der Waals surface area contributed by atoms with Crippen molar-refractivity contribution in [1.29, 1.82) is 0 Å². The SMILES string of the molecule is CC1CCC(C(C)c2cc3c(c(F)c2F)OC(C)CC3)CC1. The van der Waals surface area contributed by atoms with Crippen LogP contribution < -0.4 is 4.74 Å². The molecule has 3 rings (SSSR count). The number of fused-ring (bicyclic) bond motifs is 1. The van der Waals surface area contributed by atoms with E-state index in [1.54, 1.807) is 0 Å². The Kier molecular flexibility index (Phi) is 4.42. The van der Waals surface area contributed by atoms with Crippen LogP contribution in [-0.2, 0) is 6.42 Å². The van der Waals surface area contributed by atoms with Gasteiger partial charge in [0.1, 0.15) is 0 Å². The highest BCUT2D eigenvalue weighted by molar-refractivity contribution is 5.42. The minimum Gasteiger partial charge on any atom is -0.487 e. The van der Waals surface area contributed by atoms with E-state index in [1.807, 2.05) is 13.0 Å². The van der Waals surface area contributed by atoms with Crippen LogP contribution in [0.2, 0.25) is 0 Å². The summed E-state index contributed by atoms with van der Waals surface area (Å²) in [6.45, 7) is 6.23. The fourth-order valence-electron chi connectivity index (χ4n) is 3.99. The lowest BCUT2D eigenvalue weighted by atomic mass is 9.74. The van der Waals surface area contributed by atoms with Crippen LogP contribution in [-0.4, -0.2) is 6.10 Å². The van der Waals surface area contributed by atoms with Crippen LogP contribution >= 0.6 is 0 Å². The Morgan fingerprint density at radius 2 is 1.73 bits per heavy atom. The van der Waals surface area contributed by atoms with Crippen LogP contribution in [0.25, 0.3) is 0 Å². The lowest BCUT2D eigenvalue weighted by Gasteiger charge is -2.32. The number of rotatable bonds is 2. The summed E-state index contributed by atoms with van der Waals surface area (Å²) in [7, 11) is 0. The quantitative estimate of drug-likeness (QED) is 0.690. The van der Waals surface area contributed by atoms with E-state index >= 15 is 0 Å². The van der Waals surface area contributed by atoms with Crippen LogP contribution in [0.5, 0.6) is 5.75 Å². The van der Waals surface area contributed by atoms with Gasteiger partial charge in [-0.15, -0.1) is 0 Å². The predicted molar refractivity (Wildman–Crippen MR) is 84.3 cm³/mol. The van der Waals surface area contributed by atoms with E-state index in [2.05, 4.69) is 13.8 Å². The summed E-state index contributed by atoms with van der Waals surface area (Å²) in [5, 5.41) is 0. The lowest BCUT2D eigenvalue weighted by Crippen LogP contribution is -2.23. The summed E-state index contributed by atoms with van der Waals surface area (Å²) < 4.78 is 34.5. The number of halogens is 2. The van der Waals surface area contributed by atoms with E-state index in [0.29, 0.717) is 11.5 Å². The third kappa shape index (κ3) is 2.87. The second kappa shape index (κ2) is 6.17. The summed E-state index contributed by atoms with van der Waals surface area (Å²) in [6, 6.07) is 1.86. The molecule has 0 saturated heterocycles. The minimum atomic E-state index is -0.782. The molecular formula is C19H26F2O. The molecule has 1 aromatic rings. The van der Waals surface area contributed by atoms with Gasteiger partial charge in [0.25, 0.3) is 0 Å². The Morgan fingerprint density at radius 1 is 1.05 bits per heavy atom. The molecule has 1 aliphatic heterocycles. The molecule has 22 heavy (non-hydrogen) atoms. The molecule has 1 fully saturated rings. The van der Waals surface area contributed by atoms with Crippen molar-refractivity contribution < 1.29 is 13.5 Å². The van der Waals surface area contributed by atoms with Crippen molar-refractivity contribution in [3.63, 3.8) is 0 Å². The zero-order valence-electron chi connectivity index (χ0n) is 13.8. The normalized spacial score (nSPS) is 29.6. The molecule has 2 atom stereocenters. The lowest BCUT2D eigenvalue weighted by molar-refractivity contribution is 0.179. The fraction of sp³-hybridized carbons (Fsp3) is 0.684. The number of hydrogen-bond donors (Lipinski definition) is 0. The van der Waals surface area contributed by atoms with E-state index in [4.69, 9.17) is 4.74 Å². The van der Waals surface area contributed by atoms with Gasteiger partial charge >= 0.3 is 0 Å². The van der Waals surface area contributed by atoms with Gasteiger partial charge in [-0.25, -0.2) is 4.39 Å². The Labute approximate surface area is 132 Å². The van der Waals surface area contributed by atoms with E-state index in [-0.39, 0.29) is 17.8 Å². The van der Waals surface area contributed by atoms with Gasteiger partial charge in [0.2, 0.25) is 5.82 Å². The largest absolute Gasteiger partial charge is 0.487 e. The first kappa shape index (κ1) is 15.8. The fourth-order valence-corrected chi connectivity index (χ4v) is 3.99. The molecule has 0 aromatic heterocycles. The summed E-state index contributed by atoms with van der Waals surface area (Å²) in [5.41, 5.74) is 1.39. The molecule has 2 aliphatic rings. The summed E-state index contributed by atoms with van der Waals surface area (Å²) in [4.78, 5) is 0. The van der Waals surface area contributed by atoms with Gasteiger partial charge in [0.15, 0.2) is 11.6 Å². The molecule has 1 saturated carbocycles. The van der Waals surface area contributed by atoms with E-state index in [0.717, 1.165) is 37.2 Å². The van der Waals surface area contributed by atoms with Gasteiger partial charge in [-0.2, -0.15) is 4.39 Å². The van der Waals surface area contributed by atoms with E-state index in [1.165, 1.54) is 12.8 Å². The summed E-state index contributed by atoms with van der Waals surface area (Å²) in [6.07, 6.45) is 6.24. The topological polar surface area (TPSA) is 9.23 Å². The molecule has 0 spiro atoms. The molecule has 3 heteroatoms. The molecule has 1 aromatic carbocycles. The first-order valence-electron chi connectivity index (χ1n) is 8.64. The Hall–Kier alpha value is -1.12. The van der Waals surface area contributed by atoms with Crippen molar-refractivity contribution in [3.8, 4) is 5.75 Å². The highest BCUT2D eigenvalue weighted by atomic mass is 19.2. The minimum absolute atomic E-state index is 0.0375. The average molecular weight is 308 g/mol. The number of ether oxygens (including phenoxy) is 1.